The van der Waals surface area contributed by atoms with Gasteiger partial charge in [0, 0.05) is 31.6 Å². The summed E-state index contributed by atoms with van der Waals surface area (Å²) in [6.45, 7) is 5.41. The number of ether oxygens (including phenoxy) is 2. The largest absolute Gasteiger partial charge is 0.493 e. The minimum atomic E-state index is -1.10. The van der Waals surface area contributed by atoms with Crippen molar-refractivity contribution in [3.63, 3.8) is 0 Å². The number of benzene rings is 1. The molecule has 5 rings (SSSR count). The van der Waals surface area contributed by atoms with Crippen LogP contribution >= 0.6 is 0 Å². The number of halogens is 1. The molecule has 0 spiro atoms. The van der Waals surface area contributed by atoms with Crippen LogP contribution in [0.1, 0.15) is 87.1 Å². The molecule has 3 saturated carbocycles. The van der Waals surface area contributed by atoms with Crippen molar-refractivity contribution in [2.24, 2.45) is 23.2 Å². The smallest absolute Gasteiger partial charge is 0.326 e. The van der Waals surface area contributed by atoms with E-state index in [0.717, 1.165) is 37.2 Å². The Kier molecular flexibility index (Phi) is 6.58. The third kappa shape index (κ3) is 4.93. The quantitative estimate of drug-likeness (QED) is 0.569. The van der Waals surface area contributed by atoms with Crippen molar-refractivity contribution in [2.45, 2.75) is 83.3 Å². The number of carbonyl (C=O) groups excluding carboxylic acids is 1. The van der Waals surface area contributed by atoms with Crippen LogP contribution in [-0.2, 0) is 9.53 Å². The van der Waals surface area contributed by atoms with Crippen LogP contribution < -0.4 is 4.74 Å². The summed E-state index contributed by atoms with van der Waals surface area (Å²) in [5.74, 6) is 0.598. The van der Waals surface area contributed by atoms with Gasteiger partial charge in [-0.25, -0.2) is 9.18 Å². The van der Waals surface area contributed by atoms with Gasteiger partial charge in [0.2, 0.25) is 0 Å². The van der Waals surface area contributed by atoms with Gasteiger partial charge in [0.05, 0.1) is 18.3 Å². The summed E-state index contributed by atoms with van der Waals surface area (Å²) in [5, 5.41) is 9.60. The fourth-order valence-corrected chi connectivity index (χ4v) is 7.47. The zero-order valence-corrected chi connectivity index (χ0v) is 21.1. The van der Waals surface area contributed by atoms with Gasteiger partial charge in [-0.15, -0.1) is 0 Å². The van der Waals surface area contributed by atoms with Crippen LogP contribution in [0.2, 0.25) is 0 Å². The molecule has 1 heterocycles. The van der Waals surface area contributed by atoms with Crippen LogP contribution in [0.5, 0.6) is 5.75 Å². The zero-order chi connectivity index (χ0) is 24.9. The number of hydrogen-bond donors (Lipinski definition) is 1. The Morgan fingerprint density at radius 1 is 1.11 bits per heavy atom. The lowest BCUT2D eigenvalue weighted by Gasteiger charge is -2.49. The first-order valence-electron chi connectivity index (χ1n) is 13.2. The number of amides is 1. The summed E-state index contributed by atoms with van der Waals surface area (Å²) in [7, 11) is 1.50. The second-order valence-electron chi connectivity index (χ2n) is 12.0. The number of carboxylic acid groups (broad SMARTS) is 1. The van der Waals surface area contributed by atoms with Crippen LogP contribution in [0.15, 0.2) is 12.1 Å². The Morgan fingerprint density at radius 3 is 2.40 bits per heavy atom. The van der Waals surface area contributed by atoms with Crippen molar-refractivity contribution in [3.05, 3.63) is 29.1 Å². The number of aliphatic carboxylic acids is 1. The molecule has 192 valence electrons. The lowest BCUT2D eigenvalue weighted by atomic mass is 9.57. The average Bonchev–Trinajstić information content (AvgIpc) is 3.53. The van der Waals surface area contributed by atoms with E-state index in [-0.39, 0.29) is 36.0 Å². The average molecular weight is 488 g/mol. The highest BCUT2D eigenvalue weighted by atomic mass is 19.1. The van der Waals surface area contributed by atoms with E-state index in [4.69, 9.17) is 9.47 Å². The molecule has 2 bridgehead atoms. The Labute approximate surface area is 207 Å². The molecule has 7 heteroatoms. The van der Waals surface area contributed by atoms with E-state index in [1.54, 1.807) is 6.07 Å². The molecule has 1 aliphatic heterocycles. The topological polar surface area (TPSA) is 76.1 Å². The monoisotopic (exact) mass is 487 g/mol. The molecule has 1 amide bonds. The molecule has 4 atom stereocenters. The van der Waals surface area contributed by atoms with E-state index in [1.165, 1.54) is 37.3 Å². The van der Waals surface area contributed by atoms with Gasteiger partial charge in [-0.3, -0.25) is 4.79 Å². The molecule has 3 aliphatic carbocycles. The normalized spacial score (nSPS) is 34.6. The summed E-state index contributed by atoms with van der Waals surface area (Å²) >= 11 is 0. The third-order valence-corrected chi connectivity index (χ3v) is 8.78. The molecule has 1 aromatic rings. The molecule has 0 radical (unpaired) electrons. The number of rotatable bonds is 7. The fraction of sp³-hybridized carbons (Fsp3) is 0.714. The molecular weight excluding hydrogens is 449 g/mol. The third-order valence-electron chi connectivity index (χ3n) is 8.78. The number of hydrogen-bond acceptors (Lipinski definition) is 4. The number of carbonyl (C=O) groups is 2. The predicted molar refractivity (Wildman–Crippen MR) is 129 cm³/mol. The molecule has 0 aromatic heterocycles. The summed E-state index contributed by atoms with van der Waals surface area (Å²) < 4.78 is 27.1. The van der Waals surface area contributed by atoms with E-state index in [1.807, 2.05) is 0 Å². The predicted octanol–water partition coefficient (Wildman–Crippen LogP) is 5.25. The van der Waals surface area contributed by atoms with E-state index >= 15 is 4.39 Å². The molecular formula is C28H38FNO5. The lowest BCUT2D eigenvalue weighted by Crippen LogP contribution is -2.43. The van der Waals surface area contributed by atoms with Crippen molar-refractivity contribution in [1.29, 1.82) is 0 Å². The van der Waals surface area contributed by atoms with Gasteiger partial charge >= 0.3 is 5.97 Å². The first-order chi connectivity index (χ1) is 16.7. The number of nitrogens with zero attached hydrogens (tertiary/aromatic N) is 1. The van der Waals surface area contributed by atoms with E-state index in [9.17, 15) is 14.7 Å². The van der Waals surface area contributed by atoms with Gasteiger partial charge in [-0.05, 0) is 80.2 Å². The van der Waals surface area contributed by atoms with Crippen LogP contribution in [0.3, 0.4) is 0 Å². The van der Waals surface area contributed by atoms with Gasteiger partial charge in [-0.1, -0.05) is 13.8 Å². The molecule has 1 N–H and O–H groups in total. The Balaban J connectivity index is 1.38. The fourth-order valence-electron chi connectivity index (χ4n) is 7.47. The second kappa shape index (κ2) is 9.38. The molecule has 6 nitrogen and oxygen atoms in total. The Hall–Kier alpha value is -2.15. The van der Waals surface area contributed by atoms with Crippen LogP contribution in [0.25, 0.3) is 0 Å². The van der Waals surface area contributed by atoms with Crippen molar-refractivity contribution >= 4 is 11.9 Å². The summed E-state index contributed by atoms with van der Waals surface area (Å²) in [4.78, 5) is 26.3. The SMILES string of the molecule is CO[C@@H]1C[C@@H](C(=O)O)N(C(=O)c2cc(C3CC3)c(OCC34CC(C)CC(CC(C)C3)C4)cc2F)C1. The van der Waals surface area contributed by atoms with Crippen molar-refractivity contribution < 1.29 is 28.6 Å². The molecule has 2 unspecified atom stereocenters. The number of likely N-dealkylation sites (tertiary alicyclic amines) is 1. The number of methoxy groups -OCH3 is 1. The van der Waals surface area contributed by atoms with Gasteiger partial charge in [0.15, 0.2) is 0 Å². The van der Waals surface area contributed by atoms with Crippen LogP contribution in [0.4, 0.5) is 4.39 Å². The minimum Gasteiger partial charge on any atom is -0.493 e. The highest BCUT2D eigenvalue weighted by Crippen LogP contribution is 2.53. The van der Waals surface area contributed by atoms with Gasteiger partial charge in [0.1, 0.15) is 17.6 Å². The van der Waals surface area contributed by atoms with Gasteiger partial charge in [-0.2, -0.15) is 0 Å². The minimum absolute atomic E-state index is 0.0712. The van der Waals surface area contributed by atoms with Crippen molar-refractivity contribution in [1.82, 2.24) is 4.90 Å². The van der Waals surface area contributed by atoms with E-state index in [2.05, 4.69) is 13.8 Å². The van der Waals surface area contributed by atoms with Crippen LogP contribution in [-0.4, -0.2) is 54.3 Å². The van der Waals surface area contributed by atoms with Crippen molar-refractivity contribution in [3.8, 4) is 5.75 Å². The molecule has 4 fully saturated rings. The highest BCUT2D eigenvalue weighted by molar-refractivity contribution is 5.97. The molecule has 1 aromatic carbocycles. The summed E-state index contributed by atoms with van der Waals surface area (Å²) in [6, 6.07) is 1.98. The summed E-state index contributed by atoms with van der Waals surface area (Å²) in [5.41, 5.74) is 0.952. The maximum absolute atomic E-state index is 15.4. The molecule has 4 aliphatic rings. The van der Waals surface area contributed by atoms with E-state index in [0.29, 0.717) is 24.2 Å². The van der Waals surface area contributed by atoms with Crippen LogP contribution in [0, 0.1) is 29.0 Å². The Morgan fingerprint density at radius 2 is 1.80 bits per heavy atom. The second-order valence-corrected chi connectivity index (χ2v) is 12.0. The van der Waals surface area contributed by atoms with Gasteiger partial charge < -0.3 is 19.5 Å². The summed E-state index contributed by atoms with van der Waals surface area (Å²) in [6.07, 6.45) is 7.89. The molecule has 1 saturated heterocycles. The standard InChI is InChI=1S/C28H38FNO5/c1-16-6-18-7-17(2)12-28(11-16,13-18)15-35-25-10-23(29)22(9-21(25)19-4-5-19)26(31)30-14-20(34-3)8-24(30)27(32)33/h9-10,16-20,24H,4-8,11-15H2,1-3H3,(H,32,33)/t16?,17?,18?,20-,24+,28?/m1/s1. The number of carboxylic acids is 1. The number of fused-ring (bicyclic) bond motifs is 2. The highest BCUT2D eigenvalue weighted by Gasteiger charge is 2.45. The molecule has 35 heavy (non-hydrogen) atoms. The Bertz CT molecular complexity index is 972. The zero-order valence-electron chi connectivity index (χ0n) is 21.1. The van der Waals surface area contributed by atoms with Crippen molar-refractivity contribution in [2.75, 3.05) is 20.3 Å². The van der Waals surface area contributed by atoms with E-state index < -0.39 is 23.7 Å². The maximum Gasteiger partial charge on any atom is 0.326 e. The first-order valence-corrected chi connectivity index (χ1v) is 13.2. The first kappa shape index (κ1) is 24.5. The van der Waals surface area contributed by atoms with Gasteiger partial charge in [0.25, 0.3) is 5.91 Å². The lowest BCUT2D eigenvalue weighted by molar-refractivity contribution is -0.141. The maximum atomic E-state index is 15.4.